The Morgan fingerprint density at radius 1 is 1.41 bits per heavy atom. The van der Waals surface area contributed by atoms with Gasteiger partial charge in [-0.25, -0.2) is 4.98 Å². The molecule has 0 atom stereocenters. The molecule has 0 aliphatic heterocycles. The highest BCUT2D eigenvalue weighted by Crippen LogP contribution is 2.30. The summed E-state index contributed by atoms with van der Waals surface area (Å²) in [5, 5.41) is 4.70. The summed E-state index contributed by atoms with van der Waals surface area (Å²) in [6.45, 7) is 6.18. The molecule has 22 heavy (non-hydrogen) atoms. The van der Waals surface area contributed by atoms with E-state index in [4.69, 9.17) is 0 Å². The monoisotopic (exact) mass is 336 g/mol. The smallest absolute Gasteiger partial charge is 0.357 e. The molecule has 0 bridgehead atoms. The Balaban J connectivity index is 2.58. The number of unbranched alkanes of at least 4 members (excludes halogenated alkanes) is 1. The van der Waals surface area contributed by atoms with Crippen molar-refractivity contribution in [3.8, 4) is 0 Å². The first-order valence-electron chi connectivity index (χ1n) is 7.39. The predicted molar refractivity (Wildman–Crippen MR) is 84.3 cm³/mol. The average Bonchev–Trinajstić information content (AvgIpc) is 2.92. The lowest BCUT2D eigenvalue weighted by atomic mass is 10.3. The van der Waals surface area contributed by atoms with Crippen molar-refractivity contribution >= 4 is 17.3 Å². The minimum Gasteiger partial charge on any atom is -0.357 e. The van der Waals surface area contributed by atoms with Gasteiger partial charge in [0.25, 0.3) is 0 Å². The molecule has 0 unspecified atom stereocenters. The molecule has 126 valence electrons. The number of halogens is 3. The highest BCUT2D eigenvalue weighted by molar-refractivity contribution is 7.09. The maximum Gasteiger partial charge on any atom is 0.434 e. The molecule has 1 aromatic rings. The van der Waals surface area contributed by atoms with Gasteiger partial charge in [0, 0.05) is 38.5 Å². The zero-order chi connectivity index (χ0) is 16.6. The van der Waals surface area contributed by atoms with Crippen LogP contribution in [0.2, 0.25) is 0 Å². The van der Waals surface area contributed by atoms with Gasteiger partial charge in [-0.2, -0.15) is 13.2 Å². The largest absolute Gasteiger partial charge is 0.434 e. The Bertz CT molecular complexity index is 471. The molecule has 0 saturated carbocycles. The van der Waals surface area contributed by atoms with Gasteiger partial charge >= 0.3 is 6.18 Å². The first-order chi connectivity index (χ1) is 10.4. The Hall–Kier alpha value is -1.31. The van der Waals surface area contributed by atoms with E-state index >= 15 is 0 Å². The van der Waals surface area contributed by atoms with Gasteiger partial charge in [0.15, 0.2) is 11.7 Å². The number of aromatic nitrogens is 1. The van der Waals surface area contributed by atoms with Crippen molar-refractivity contribution in [2.24, 2.45) is 4.99 Å². The molecule has 0 aliphatic rings. The average molecular weight is 336 g/mol. The molecule has 8 heteroatoms. The van der Waals surface area contributed by atoms with E-state index in [0.29, 0.717) is 18.0 Å². The molecule has 0 amide bonds. The summed E-state index contributed by atoms with van der Waals surface area (Å²) in [5.41, 5.74) is -0.816. The van der Waals surface area contributed by atoms with Crippen LogP contribution in [0.5, 0.6) is 0 Å². The molecule has 0 radical (unpaired) electrons. The number of rotatable bonds is 7. The van der Waals surface area contributed by atoms with Gasteiger partial charge in [-0.1, -0.05) is 13.3 Å². The fourth-order valence-corrected chi connectivity index (χ4v) is 2.58. The standard InChI is InChI=1S/C14H23F3N4S/c1-4-6-9-21(3)13(18-5-2)19-8-7-12-20-11(10-22-12)14(15,16)17/h10H,4-9H2,1-3H3,(H,18,19). The van der Waals surface area contributed by atoms with Crippen LogP contribution in [0, 0.1) is 0 Å². The van der Waals surface area contributed by atoms with E-state index in [2.05, 4.69) is 22.2 Å². The second-order valence-electron chi connectivity index (χ2n) is 4.89. The number of guanidine groups is 1. The number of nitrogens with one attached hydrogen (secondary N) is 1. The minimum absolute atomic E-state index is 0.414. The van der Waals surface area contributed by atoms with Gasteiger partial charge in [-0.15, -0.1) is 11.3 Å². The zero-order valence-corrected chi connectivity index (χ0v) is 14.0. The van der Waals surface area contributed by atoms with E-state index in [-0.39, 0.29) is 0 Å². The number of nitrogens with zero attached hydrogens (tertiary/aromatic N) is 3. The molecule has 0 fully saturated rings. The minimum atomic E-state index is -4.37. The van der Waals surface area contributed by atoms with Crippen molar-refractivity contribution in [2.75, 3.05) is 26.7 Å². The second-order valence-corrected chi connectivity index (χ2v) is 5.83. The van der Waals surface area contributed by atoms with E-state index in [1.54, 1.807) is 0 Å². The molecule has 0 spiro atoms. The second kappa shape index (κ2) is 8.97. The zero-order valence-electron chi connectivity index (χ0n) is 13.2. The van der Waals surface area contributed by atoms with Crippen LogP contribution in [0.3, 0.4) is 0 Å². The van der Waals surface area contributed by atoms with Gasteiger partial charge in [0.2, 0.25) is 0 Å². The predicted octanol–water partition coefficient (Wildman–Crippen LogP) is 3.40. The van der Waals surface area contributed by atoms with Crippen molar-refractivity contribution in [1.82, 2.24) is 15.2 Å². The van der Waals surface area contributed by atoms with Crippen LogP contribution >= 0.6 is 11.3 Å². The van der Waals surface area contributed by atoms with Gasteiger partial charge in [0.05, 0.1) is 5.01 Å². The van der Waals surface area contributed by atoms with Crippen molar-refractivity contribution in [3.63, 3.8) is 0 Å². The van der Waals surface area contributed by atoms with E-state index in [1.807, 2.05) is 18.9 Å². The first kappa shape index (κ1) is 18.7. The Morgan fingerprint density at radius 2 is 2.14 bits per heavy atom. The first-order valence-corrected chi connectivity index (χ1v) is 8.27. The Kier molecular flexibility index (Phi) is 7.64. The van der Waals surface area contributed by atoms with Crippen LogP contribution in [-0.4, -0.2) is 42.5 Å². The fraction of sp³-hybridized carbons (Fsp3) is 0.714. The lowest BCUT2D eigenvalue weighted by Gasteiger charge is -2.21. The molecule has 0 aromatic carbocycles. The summed E-state index contributed by atoms with van der Waals surface area (Å²) in [5.74, 6) is 0.781. The molecular formula is C14H23F3N4S. The van der Waals surface area contributed by atoms with Crippen molar-refractivity contribution in [1.29, 1.82) is 0 Å². The molecule has 1 rings (SSSR count). The summed E-state index contributed by atoms with van der Waals surface area (Å²) in [6.07, 6.45) is -1.78. The number of thiazole rings is 1. The lowest BCUT2D eigenvalue weighted by molar-refractivity contribution is -0.140. The molecule has 1 aromatic heterocycles. The van der Waals surface area contributed by atoms with Gasteiger partial charge in [-0.3, -0.25) is 4.99 Å². The molecular weight excluding hydrogens is 313 g/mol. The molecule has 0 saturated heterocycles. The Labute approximate surface area is 133 Å². The highest BCUT2D eigenvalue weighted by atomic mass is 32.1. The molecule has 4 nitrogen and oxygen atoms in total. The van der Waals surface area contributed by atoms with Crippen molar-refractivity contribution in [2.45, 2.75) is 39.3 Å². The molecule has 0 aliphatic carbocycles. The summed E-state index contributed by atoms with van der Waals surface area (Å²) in [4.78, 5) is 10.1. The topological polar surface area (TPSA) is 40.5 Å². The van der Waals surface area contributed by atoms with E-state index < -0.39 is 11.9 Å². The summed E-state index contributed by atoms with van der Waals surface area (Å²) in [6, 6.07) is 0. The van der Waals surface area contributed by atoms with E-state index in [1.165, 1.54) is 0 Å². The van der Waals surface area contributed by atoms with E-state index in [0.717, 1.165) is 48.6 Å². The van der Waals surface area contributed by atoms with Gasteiger partial charge in [-0.05, 0) is 13.3 Å². The number of hydrogen-bond donors (Lipinski definition) is 1. The quantitative estimate of drug-likeness (QED) is 0.613. The lowest BCUT2D eigenvalue weighted by Crippen LogP contribution is -2.39. The number of alkyl halides is 3. The normalized spacial score (nSPS) is 12.5. The third-order valence-electron chi connectivity index (χ3n) is 2.97. The summed E-state index contributed by atoms with van der Waals surface area (Å²) < 4.78 is 37.4. The third kappa shape index (κ3) is 6.21. The maximum absolute atomic E-state index is 12.5. The van der Waals surface area contributed by atoms with Gasteiger partial charge in [0.1, 0.15) is 0 Å². The van der Waals surface area contributed by atoms with Crippen molar-refractivity contribution < 1.29 is 13.2 Å². The SMILES string of the molecule is CCCCN(C)C(=NCCc1nc(C(F)(F)F)cs1)NCC. The molecule has 1 N–H and O–H groups in total. The summed E-state index contributed by atoms with van der Waals surface area (Å²) in [7, 11) is 1.96. The summed E-state index contributed by atoms with van der Waals surface area (Å²) >= 11 is 1.03. The molecule has 1 heterocycles. The maximum atomic E-state index is 12.5. The van der Waals surface area contributed by atoms with Crippen LogP contribution in [0.4, 0.5) is 13.2 Å². The van der Waals surface area contributed by atoms with Crippen LogP contribution in [0.25, 0.3) is 0 Å². The van der Waals surface area contributed by atoms with Crippen LogP contribution in [0.15, 0.2) is 10.4 Å². The highest BCUT2D eigenvalue weighted by Gasteiger charge is 2.33. The number of aliphatic imine (C=N–C) groups is 1. The third-order valence-corrected chi connectivity index (χ3v) is 3.88. The van der Waals surface area contributed by atoms with Crippen LogP contribution < -0.4 is 5.32 Å². The number of hydrogen-bond acceptors (Lipinski definition) is 3. The fourth-order valence-electron chi connectivity index (χ4n) is 1.78. The van der Waals surface area contributed by atoms with Gasteiger partial charge < -0.3 is 10.2 Å². The van der Waals surface area contributed by atoms with Crippen LogP contribution in [0.1, 0.15) is 37.4 Å². The van der Waals surface area contributed by atoms with Crippen molar-refractivity contribution in [3.05, 3.63) is 16.1 Å². The Morgan fingerprint density at radius 3 is 2.68 bits per heavy atom. The van der Waals surface area contributed by atoms with Crippen LogP contribution in [-0.2, 0) is 12.6 Å². The van der Waals surface area contributed by atoms with E-state index in [9.17, 15) is 13.2 Å².